The average Bonchev–Trinajstić information content (AvgIpc) is 3.54. The Morgan fingerprint density at radius 1 is 0.969 bits per heavy atom. The van der Waals surface area contributed by atoms with E-state index in [9.17, 15) is 0 Å². The van der Waals surface area contributed by atoms with Crippen molar-refractivity contribution in [3.63, 3.8) is 0 Å². The first-order valence-corrected chi connectivity index (χ1v) is 13.0. The summed E-state index contributed by atoms with van der Waals surface area (Å²) >= 11 is 10.9. The van der Waals surface area contributed by atoms with E-state index in [2.05, 4.69) is 42.9 Å². The summed E-state index contributed by atoms with van der Waals surface area (Å²) in [6.07, 6.45) is 0. The lowest BCUT2D eigenvalue weighted by molar-refractivity contribution is 0.528. The van der Waals surface area contributed by atoms with Crippen LogP contribution in [0.2, 0.25) is 5.02 Å². The first-order valence-electron chi connectivity index (χ1n) is 9.81. The number of hydrogen-bond acceptors (Lipinski definition) is 9. The molecule has 0 aliphatic heterocycles. The van der Waals surface area contributed by atoms with E-state index in [1.807, 2.05) is 30.3 Å². The normalized spacial score (nSPS) is 11.4. The monoisotopic (exact) mass is 500 g/mol. The molecule has 0 aliphatic carbocycles. The summed E-state index contributed by atoms with van der Waals surface area (Å²) in [6, 6.07) is 15.5. The fourth-order valence-electron chi connectivity index (χ4n) is 3.04. The van der Waals surface area contributed by atoms with Crippen LogP contribution >= 0.6 is 46.5 Å². The first-order chi connectivity index (χ1) is 15.7. The average molecular weight is 501 g/mol. The summed E-state index contributed by atoms with van der Waals surface area (Å²) in [7, 11) is 0. The van der Waals surface area contributed by atoms with Gasteiger partial charge in [0.25, 0.3) is 0 Å². The van der Waals surface area contributed by atoms with E-state index in [1.165, 1.54) is 16.5 Å². The second-order valence-electron chi connectivity index (χ2n) is 6.68. The van der Waals surface area contributed by atoms with Crippen molar-refractivity contribution >= 4 is 56.7 Å². The Bertz CT molecular complexity index is 1310. The van der Waals surface area contributed by atoms with Gasteiger partial charge in [0.2, 0.25) is 11.8 Å². The van der Waals surface area contributed by atoms with Gasteiger partial charge in [-0.05, 0) is 43.3 Å². The van der Waals surface area contributed by atoms with Crippen molar-refractivity contribution in [2.75, 3.05) is 0 Å². The number of thiazole rings is 1. The van der Waals surface area contributed by atoms with Gasteiger partial charge in [0.15, 0.2) is 9.50 Å². The third-order valence-corrected chi connectivity index (χ3v) is 7.97. The Kier molecular flexibility index (Phi) is 6.44. The summed E-state index contributed by atoms with van der Waals surface area (Å²) in [5, 5.41) is 18.6. The fourth-order valence-corrected chi connectivity index (χ4v) is 6.03. The summed E-state index contributed by atoms with van der Waals surface area (Å²) in [6.45, 7) is 2.87. The van der Waals surface area contributed by atoms with E-state index >= 15 is 0 Å². The zero-order valence-corrected chi connectivity index (χ0v) is 20.1. The van der Waals surface area contributed by atoms with Crippen molar-refractivity contribution < 1.29 is 4.42 Å². The standard InChI is InChI=1S/C21H17ClN6OS3/c1-2-28-17(11-31-21-23-15-5-3-4-6-16(15)32-21)24-27-20(28)30-12-18-25-26-19(29-18)13-7-9-14(22)10-8-13/h3-10H,2,11-12H2,1H3. The van der Waals surface area contributed by atoms with Crippen LogP contribution in [0.3, 0.4) is 0 Å². The molecule has 0 saturated carbocycles. The lowest BCUT2D eigenvalue weighted by Gasteiger charge is -2.05. The second kappa shape index (κ2) is 9.62. The minimum Gasteiger partial charge on any atom is -0.420 e. The molecule has 5 rings (SSSR count). The molecule has 0 aliphatic rings. The van der Waals surface area contributed by atoms with E-state index in [0.29, 0.717) is 28.3 Å². The Morgan fingerprint density at radius 3 is 2.62 bits per heavy atom. The Hall–Kier alpha value is -2.40. The van der Waals surface area contributed by atoms with Crippen molar-refractivity contribution in [2.24, 2.45) is 0 Å². The van der Waals surface area contributed by atoms with Crippen LogP contribution < -0.4 is 0 Å². The summed E-state index contributed by atoms with van der Waals surface area (Å²) in [5.74, 6) is 3.16. The number of benzene rings is 2. The van der Waals surface area contributed by atoms with Crippen LogP contribution in [0.5, 0.6) is 0 Å². The molecule has 3 aromatic heterocycles. The summed E-state index contributed by atoms with van der Waals surface area (Å²) in [5.41, 5.74) is 1.87. The highest BCUT2D eigenvalue weighted by Gasteiger charge is 2.15. The van der Waals surface area contributed by atoms with Crippen LogP contribution in [0.1, 0.15) is 18.6 Å². The molecule has 0 unspecified atom stereocenters. The van der Waals surface area contributed by atoms with Gasteiger partial charge in [-0.3, -0.25) is 0 Å². The van der Waals surface area contributed by atoms with Gasteiger partial charge >= 0.3 is 0 Å². The van der Waals surface area contributed by atoms with E-state index in [1.54, 1.807) is 35.2 Å². The molecule has 0 saturated heterocycles. The van der Waals surface area contributed by atoms with Gasteiger partial charge in [0.1, 0.15) is 5.82 Å². The highest BCUT2D eigenvalue weighted by molar-refractivity contribution is 8.00. The molecule has 0 atom stereocenters. The SMILES string of the molecule is CCn1c(CSc2nc3ccccc3s2)nnc1SCc1nnc(-c2ccc(Cl)cc2)o1. The molecule has 32 heavy (non-hydrogen) atoms. The van der Waals surface area contributed by atoms with Crippen molar-refractivity contribution in [1.82, 2.24) is 29.9 Å². The molecule has 2 aromatic carbocycles. The van der Waals surface area contributed by atoms with Crippen molar-refractivity contribution in [3.05, 3.63) is 65.3 Å². The van der Waals surface area contributed by atoms with Gasteiger partial charge in [-0.15, -0.1) is 31.7 Å². The second-order valence-corrected chi connectivity index (χ2v) is 10.3. The maximum Gasteiger partial charge on any atom is 0.247 e. The van der Waals surface area contributed by atoms with Crippen molar-refractivity contribution in [3.8, 4) is 11.5 Å². The molecule has 7 nitrogen and oxygen atoms in total. The third kappa shape index (κ3) is 4.68. The minimum absolute atomic E-state index is 0.474. The molecule has 11 heteroatoms. The zero-order valence-electron chi connectivity index (χ0n) is 16.9. The Labute approximate surface area is 201 Å². The smallest absolute Gasteiger partial charge is 0.247 e. The predicted octanol–water partition coefficient (Wildman–Crippen LogP) is 6.20. The highest BCUT2D eigenvalue weighted by atomic mass is 35.5. The Balaban J connectivity index is 1.23. The van der Waals surface area contributed by atoms with Gasteiger partial charge in [0.05, 0.1) is 21.7 Å². The van der Waals surface area contributed by atoms with Gasteiger partial charge < -0.3 is 8.98 Å². The third-order valence-electron chi connectivity index (χ3n) is 4.59. The minimum atomic E-state index is 0.474. The van der Waals surface area contributed by atoms with E-state index < -0.39 is 0 Å². The molecule has 0 bridgehead atoms. The maximum absolute atomic E-state index is 5.94. The fraction of sp³-hybridized carbons (Fsp3) is 0.190. The number of nitrogens with zero attached hydrogens (tertiary/aromatic N) is 6. The van der Waals surface area contributed by atoms with Crippen LogP contribution in [-0.2, 0) is 18.1 Å². The lowest BCUT2D eigenvalue weighted by Crippen LogP contribution is -2.02. The van der Waals surface area contributed by atoms with Crippen LogP contribution in [0.25, 0.3) is 21.7 Å². The van der Waals surface area contributed by atoms with Crippen molar-refractivity contribution in [1.29, 1.82) is 0 Å². The van der Waals surface area contributed by atoms with Crippen LogP contribution in [0.4, 0.5) is 0 Å². The quantitative estimate of drug-likeness (QED) is 0.233. The molecular formula is C21H17ClN6OS3. The van der Waals surface area contributed by atoms with Gasteiger partial charge in [-0.25, -0.2) is 4.98 Å². The number of para-hydroxylation sites is 1. The molecule has 0 amide bonds. The predicted molar refractivity (Wildman–Crippen MR) is 129 cm³/mol. The molecule has 3 heterocycles. The Morgan fingerprint density at radius 2 is 1.81 bits per heavy atom. The van der Waals surface area contributed by atoms with Crippen LogP contribution in [0, 0.1) is 0 Å². The van der Waals surface area contributed by atoms with Crippen molar-refractivity contribution in [2.45, 2.75) is 34.5 Å². The highest BCUT2D eigenvalue weighted by Crippen LogP contribution is 2.32. The largest absolute Gasteiger partial charge is 0.420 e. The van der Waals surface area contributed by atoms with E-state index in [4.69, 9.17) is 16.0 Å². The molecule has 0 N–H and O–H groups in total. The number of hydrogen-bond donors (Lipinski definition) is 0. The molecule has 162 valence electrons. The molecule has 0 radical (unpaired) electrons. The number of aromatic nitrogens is 6. The lowest BCUT2D eigenvalue weighted by atomic mass is 10.2. The topological polar surface area (TPSA) is 82.5 Å². The van der Waals surface area contributed by atoms with Crippen LogP contribution in [0.15, 0.2) is 62.4 Å². The van der Waals surface area contributed by atoms with E-state index in [0.717, 1.165) is 32.9 Å². The van der Waals surface area contributed by atoms with Crippen LogP contribution in [-0.4, -0.2) is 29.9 Å². The van der Waals surface area contributed by atoms with Gasteiger partial charge in [0, 0.05) is 17.1 Å². The maximum atomic E-state index is 5.94. The molecule has 5 aromatic rings. The molecule has 0 spiro atoms. The van der Waals surface area contributed by atoms with Gasteiger partial charge in [-0.1, -0.05) is 47.3 Å². The molecular weight excluding hydrogens is 484 g/mol. The zero-order chi connectivity index (χ0) is 21.9. The van der Waals surface area contributed by atoms with Gasteiger partial charge in [-0.2, -0.15) is 0 Å². The number of halogens is 1. The number of fused-ring (bicyclic) bond motifs is 1. The van der Waals surface area contributed by atoms with E-state index in [-0.39, 0.29) is 0 Å². The summed E-state index contributed by atoms with van der Waals surface area (Å²) in [4.78, 5) is 4.68. The summed E-state index contributed by atoms with van der Waals surface area (Å²) < 4.78 is 10.1. The number of thioether (sulfide) groups is 2. The molecule has 0 fully saturated rings. The number of rotatable bonds is 8. The first kappa shape index (κ1) is 21.4.